The smallest absolute Gasteiger partial charge is 0.247 e. The minimum Gasteiger partial charge on any atom is -0.495 e. The molecule has 2 aliphatic rings. The number of anilines is 3. The molecular weight excluding hydrogens is 480 g/mol. The first-order chi connectivity index (χ1) is 18.4. The molecule has 2 aliphatic heterocycles. The Morgan fingerprint density at radius 1 is 1.24 bits per heavy atom. The molecule has 1 fully saturated rings. The van der Waals surface area contributed by atoms with E-state index in [1.54, 1.807) is 18.0 Å². The molecular formula is C28H34N8O2. The van der Waals surface area contributed by atoms with Gasteiger partial charge in [-0.3, -0.25) is 9.69 Å². The van der Waals surface area contributed by atoms with Gasteiger partial charge in [-0.15, -0.1) is 0 Å². The number of carbonyl (C=O) groups is 1. The minimum absolute atomic E-state index is 0.280. The molecule has 0 unspecified atom stereocenters. The Balaban J connectivity index is 1.44. The van der Waals surface area contributed by atoms with E-state index in [9.17, 15) is 4.79 Å². The zero-order valence-electron chi connectivity index (χ0n) is 22.2. The summed E-state index contributed by atoms with van der Waals surface area (Å²) in [4.78, 5) is 26.0. The van der Waals surface area contributed by atoms with Crippen LogP contribution >= 0.6 is 0 Å². The second-order valence-electron chi connectivity index (χ2n) is 9.71. The highest BCUT2D eigenvalue weighted by molar-refractivity contribution is 6.01. The summed E-state index contributed by atoms with van der Waals surface area (Å²) in [6.07, 6.45) is 9.31. The quantitative estimate of drug-likeness (QED) is 0.416. The fraction of sp³-hybridized carbons (Fsp3) is 0.357. The molecule has 38 heavy (non-hydrogen) atoms. The van der Waals surface area contributed by atoms with E-state index in [1.165, 1.54) is 18.1 Å². The Kier molecular flexibility index (Phi) is 7.52. The van der Waals surface area contributed by atoms with Crippen molar-refractivity contribution in [3.05, 3.63) is 66.1 Å². The predicted molar refractivity (Wildman–Crippen MR) is 149 cm³/mol. The fourth-order valence-electron chi connectivity index (χ4n) is 4.62. The summed E-state index contributed by atoms with van der Waals surface area (Å²) in [7, 11) is 3.71. The van der Waals surface area contributed by atoms with Crippen molar-refractivity contribution in [1.29, 1.82) is 0 Å². The summed E-state index contributed by atoms with van der Waals surface area (Å²) in [6.45, 7) is 10.6. The molecule has 0 aliphatic carbocycles. The number of ether oxygens (including phenoxy) is 1. The number of aromatic nitrogens is 4. The highest BCUT2D eigenvalue weighted by Gasteiger charge is 2.20. The van der Waals surface area contributed by atoms with Gasteiger partial charge in [-0.2, -0.15) is 10.1 Å². The van der Waals surface area contributed by atoms with Crippen molar-refractivity contribution in [2.75, 3.05) is 51.0 Å². The molecule has 4 heterocycles. The zero-order valence-corrected chi connectivity index (χ0v) is 22.2. The Labute approximate surface area is 223 Å². The van der Waals surface area contributed by atoms with Gasteiger partial charge in [0.25, 0.3) is 0 Å². The maximum absolute atomic E-state index is 12.3. The molecule has 0 radical (unpaired) electrons. The van der Waals surface area contributed by atoms with Gasteiger partial charge in [0.05, 0.1) is 24.2 Å². The number of carbonyl (C=O) groups excluding carboxylic acids is 1. The molecule has 10 nitrogen and oxygen atoms in total. The van der Waals surface area contributed by atoms with E-state index >= 15 is 0 Å². The van der Waals surface area contributed by atoms with Crippen LogP contribution in [0.2, 0.25) is 0 Å². The van der Waals surface area contributed by atoms with E-state index in [1.807, 2.05) is 31.3 Å². The summed E-state index contributed by atoms with van der Waals surface area (Å²) < 4.78 is 7.52. The minimum atomic E-state index is -0.280. The standard InChI is InChI=1S/C28H34N8O2/c1-5-27(37)30-23-16-24(25(38-4)15-22(23)20-8-13-34(3)14-9-20)31-28-29-10-7-26(32-28)36-18-21(19(2)33-36)17-35-11-6-12-35/h5,7-8,10,15-16,18H,1,6,9,11-14,17H2,2-4H3,(H,30,37)(H,29,31,32). The lowest BCUT2D eigenvalue weighted by atomic mass is 9.97. The molecule has 2 N–H and O–H groups in total. The van der Waals surface area contributed by atoms with Gasteiger partial charge in [0.15, 0.2) is 5.82 Å². The average Bonchev–Trinajstić information content (AvgIpc) is 3.27. The third-order valence-corrected chi connectivity index (χ3v) is 7.01. The van der Waals surface area contributed by atoms with Gasteiger partial charge < -0.3 is 20.3 Å². The molecule has 1 amide bonds. The average molecular weight is 515 g/mol. The molecule has 0 atom stereocenters. The van der Waals surface area contributed by atoms with Crippen LogP contribution in [0.5, 0.6) is 5.75 Å². The maximum Gasteiger partial charge on any atom is 0.247 e. The zero-order chi connectivity index (χ0) is 26.6. The molecule has 1 aromatic carbocycles. The SMILES string of the molecule is C=CC(=O)Nc1cc(Nc2nccc(-n3cc(CN4CCC4)c(C)n3)n2)c(OC)cc1C1=CCN(C)CC1. The van der Waals surface area contributed by atoms with E-state index in [2.05, 4.69) is 50.2 Å². The highest BCUT2D eigenvalue weighted by Crippen LogP contribution is 2.38. The van der Waals surface area contributed by atoms with Crippen molar-refractivity contribution >= 4 is 28.8 Å². The number of likely N-dealkylation sites (N-methyl/N-ethyl adjacent to an activating group) is 1. The van der Waals surface area contributed by atoms with Gasteiger partial charge in [-0.1, -0.05) is 12.7 Å². The molecule has 0 saturated carbocycles. The topological polar surface area (TPSA) is 100 Å². The van der Waals surface area contributed by atoms with Crippen molar-refractivity contribution in [3.8, 4) is 11.6 Å². The van der Waals surface area contributed by atoms with Gasteiger partial charge >= 0.3 is 0 Å². The number of nitrogens with zero attached hydrogens (tertiary/aromatic N) is 6. The maximum atomic E-state index is 12.3. The molecule has 5 rings (SSSR count). The number of methoxy groups -OCH3 is 1. The monoisotopic (exact) mass is 514 g/mol. The Bertz CT molecular complexity index is 1380. The molecule has 0 spiro atoms. The van der Waals surface area contributed by atoms with Crippen molar-refractivity contribution in [1.82, 2.24) is 29.5 Å². The van der Waals surface area contributed by atoms with Crippen molar-refractivity contribution in [3.63, 3.8) is 0 Å². The second kappa shape index (κ2) is 11.2. The van der Waals surface area contributed by atoms with Crippen molar-refractivity contribution < 1.29 is 9.53 Å². The third kappa shape index (κ3) is 5.61. The van der Waals surface area contributed by atoms with E-state index < -0.39 is 0 Å². The number of rotatable bonds is 9. The van der Waals surface area contributed by atoms with Crippen LogP contribution in [0.15, 0.2) is 49.3 Å². The first-order valence-electron chi connectivity index (χ1n) is 12.8. The first kappa shape index (κ1) is 25.6. The van der Waals surface area contributed by atoms with Gasteiger partial charge in [-0.05, 0) is 63.7 Å². The molecule has 1 saturated heterocycles. The van der Waals surface area contributed by atoms with Crippen molar-refractivity contribution in [2.24, 2.45) is 0 Å². The van der Waals surface area contributed by atoms with E-state index in [0.717, 1.165) is 56.0 Å². The molecule has 0 bridgehead atoms. The normalized spacial score (nSPS) is 15.9. The predicted octanol–water partition coefficient (Wildman–Crippen LogP) is 3.77. The van der Waals surface area contributed by atoms with E-state index in [0.29, 0.717) is 28.9 Å². The summed E-state index contributed by atoms with van der Waals surface area (Å²) >= 11 is 0. The second-order valence-corrected chi connectivity index (χ2v) is 9.71. The van der Waals surface area contributed by atoms with Crippen molar-refractivity contribution in [2.45, 2.75) is 26.3 Å². The number of hydrogen-bond donors (Lipinski definition) is 2. The van der Waals surface area contributed by atoms with Crippen LogP contribution in [0, 0.1) is 6.92 Å². The fourth-order valence-corrected chi connectivity index (χ4v) is 4.62. The van der Waals surface area contributed by atoms with E-state index in [-0.39, 0.29) is 5.91 Å². The van der Waals surface area contributed by atoms with Gasteiger partial charge in [0, 0.05) is 49.2 Å². The Hall–Kier alpha value is -4.02. The van der Waals surface area contributed by atoms with E-state index in [4.69, 9.17) is 9.72 Å². The Morgan fingerprint density at radius 2 is 2.08 bits per heavy atom. The lowest BCUT2D eigenvalue weighted by Crippen LogP contribution is -2.36. The number of nitrogens with one attached hydrogen (secondary N) is 2. The largest absolute Gasteiger partial charge is 0.495 e. The Morgan fingerprint density at radius 3 is 2.76 bits per heavy atom. The number of aryl methyl sites for hydroxylation is 1. The molecule has 2 aromatic heterocycles. The molecule has 198 valence electrons. The molecule has 3 aromatic rings. The van der Waals surface area contributed by atoms with Crippen LogP contribution in [0.4, 0.5) is 17.3 Å². The van der Waals surface area contributed by atoms with Gasteiger partial charge in [0.1, 0.15) is 5.75 Å². The van der Waals surface area contributed by atoms with Crippen LogP contribution in [0.3, 0.4) is 0 Å². The number of hydrogen-bond acceptors (Lipinski definition) is 8. The summed E-state index contributed by atoms with van der Waals surface area (Å²) in [5.41, 5.74) is 5.58. The number of benzene rings is 1. The lowest BCUT2D eigenvalue weighted by Gasteiger charge is -2.30. The third-order valence-electron chi connectivity index (χ3n) is 7.01. The summed E-state index contributed by atoms with van der Waals surface area (Å²) in [5.74, 6) is 1.40. The van der Waals surface area contributed by atoms with Gasteiger partial charge in [0.2, 0.25) is 11.9 Å². The van der Waals surface area contributed by atoms with Crippen LogP contribution in [-0.4, -0.2) is 75.8 Å². The van der Waals surface area contributed by atoms with Crippen LogP contribution in [0.1, 0.15) is 29.7 Å². The van der Waals surface area contributed by atoms with Crippen LogP contribution < -0.4 is 15.4 Å². The molecule has 10 heteroatoms. The highest BCUT2D eigenvalue weighted by atomic mass is 16.5. The number of amides is 1. The first-order valence-corrected chi connectivity index (χ1v) is 12.8. The van der Waals surface area contributed by atoms with Crippen LogP contribution in [-0.2, 0) is 11.3 Å². The summed E-state index contributed by atoms with van der Waals surface area (Å²) in [5, 5.41) is 10.9. The van der Waals surface area contributed by atoms with Gasteiger partial charge in [-0.25, -0.2) is 9.67 Å². The summed E-state index contributed by atoms with van der Waals surface area (Å²) in [6, 6.07) is 5.63. The van der Waals surface area contributed by atoms with Crippen LogP contribution in [0.25, 0.3) is 11.4 Å². The number of likely N-dealkylation sites (tertiary alicyclic amines) is 1. The lowest BCUT2D eigenvalue weighted by molar-refractivity contribution is -0.111.